The van der Waals surface area contributed by atoms with Gasteiger partial charge in [-0.1, -0.05) is 12.1 Å². The minimum absolute atomic E-state index is 0.316. The lowest BCUT2D eigenvalue weighted by molar-refractivity contribution is 0.00578. The Labute approximate surface area is 121 Å². The van der Waals surface area contributed by atoms with Gasteiger partial charge in [0.05, 0.1) is 24.5 Å². The van der Waals surface area contributed by atoms with E-state index < -0.39 is 0 Å². The van der Waals surface area contributed by atoms with Crippen molar-refractivity contribution in [2.45, 2.75) is 45.8 Å². The van der Waals surface area contributed by atoms with E-state index in [0.717, 1.165) is 17.0 Å². The molecule has 20 heavy (non-hydrogen) atoms. The SMILES string of the molecule is COc1cnc(C)c(/C=C/B2OC(C)(C)C(C)(C)O2)c1. The van der Waals surface area contributed by atoms with Gasteiger partial charge in [0.15, 0.2) is 0 Å². The number of aryl methyl sites for hydroxylation is 1. The molecule has 1 saturated heterocycles. The molecule has 0 radical (unpaired) electrons. The Hall–Kier alpha value is -1.33. The molecule has 2 heterocycles. The van der Waals surface area contributed by atoms with Crippen molar-refractivity contribution in [3.63, 3.8) is 0 Å². The summed E-state index contributed by atoms with van der Waals surface area (Å²) < 4.78 is 17.0. The number of nitrogens with zero attached hydrogens (tertiary/aromatic N) is 1. The van der Waals surface area contributed by atoms with Gasteiger partial charge in [-0.15, -0.1) is 0 Å². The maximum absolute atomic E-state index is 5.92. The van der Waals surface area contributed by atoms with Crippen LogP contribution in [0.3, 0.4) is 0 Å². The van der Waals surface area contributed by atoms with Crippen molar-refractivity contribution < 1.29 is 14.0 Å². The van der Waals surface area contributed by atoms with E-state index in [1.807, 2.05) is 52.7 Å². The third kappa shape index (κ3) is 2.89. The van der Waals surface area contributed by atoms with Crippen molar-refractivity contribution in [2.75, 3.05) is 7.11 Å². The second-order valence-corrected chi connectivity index (χ2v) is 6.03. The molecule has 0 bridgehead atoms. The normalized spacial score (nSPS) is 20.6. The van der Waals surface area contributed by atoms with E-state index in [2.05, 4.69) is 4.98 Å². The highest BCUT2D eigenvalue weighted by Crippen LogP contribution is 2.37. The number of methoxy groups -OCH3 is 1. The third-order valence-electron chi connectivity index (χ3n) is 4.04. The van der Waals surface area contributed by atoms with Crippen LogP contribution in [0.1, 0.15) is 39.0 Å². The second-order valence-electron chi connectivity index (χ2n) is 6.03. The van der Waals surface area contributed by atoms with E-state index in [1.165, 1.54) is 0 Å². The predicted octanol–water partition coefficient (Wildman–Crippen LogP) is 3.04. The van der Waals surface area contributed by atoms with Crippen molar-refractivity contribution >= 4 is 13.2 Å². The standard InChI is InChI=1S/C15H22BNO3/c1-11-12(9-13(18-6)10-17-11)7-8-16-19-14(2,3)15(4,5)20-16/h7-10H,1-6H3/b8-7+. The molecule has 5 heteroatoms. The van der Waals surface area contributed by atoms with Crippen molar-refractivity contribution in [1.29, 1.82) is 0 Å². The van der Waals surface area contributed by atoms with Crippen LogP contribution < -0.4 is 4.74 Å². The molecule has 108 valence electrons. The van der Waals surface area contributed by atoms with Crippen molar-refractivity contribution in [3.05, 3.63) is 29.5 Å². The van der Waals surface area contributed by atoms with Gasteiger partial charge >= 0.3 is 7.12 Å². The highest BCUT2D eigenvalue weighted by molar-refractivity contribution is 6.52. The van der Waals surface area contributed by atoms with Gasteiger partial charge in [0.2, 0.25) is 0 Å². The number of ether oxygens (including phenoxy) is 1. The number of hydrogen-bond acceptors (Lipinski definition) is 4. The van der Waals surface area contributed by atoms with Gasteiger partial charge in [0, 0.05) is 5.69 Å². The van der Waals surface area contributed by atoms with E-state index >= 15 is 0 Å². The molecule has 0 spiro atoms. The summed E-state index contributed by atoms with van der Waals surface area (Å²) in [6.07, 6.45) is 3.68. The first-order valence-corrected chi connectivity index (χ1v) is 6.80. The van der Waals surface area contributed by atoms with E-state index in [-0.39, 0.29) is 18.3 Å². The van der Waals surface area contributed by atoms with Gasteiger partial charge < -0.3 is 14.0 Å². The van der Waals surface area contributed by atoms with E-state index in [0.29, 0.717) is 0 Å². The van der Waals surface area contributed by atoms with Gasteiger partial charge in [-0.2, -0.15) is 0 Å². The lowest BCUT2D eigenvalue weighted by atomic mass is 9.89. The van der Waals surface area contributed by atoms with Crippen LogP contribution >= 0.6 is 0 Å². The Morgan fingerprint density at radius 1 is 1.20 bits per heavy atom. The Kier molecular flexibility index (Phi) is 3.94. The molecular weight excluding hydrogens is 253 g/mol. The summed E-state index contributed by atoms with van der Waals surface area (Å²) in [6.45, 7) is 10.1. The smallest absolute Gasteiger partial charge is 0.487 e. The molecule has 0 unspecified atom stereocenters. The lowest BCUT2D eigenvalue weighted by Gasteiger charge is -2.32. The van der Waals surface area contributed by atoms with Crippen LogP contribution in [0.5, 0.6) is 5.75 Å². The first-order valence-electron chi connectivity index (χ1n) is 6.80. The Bertz CT molecular complexity index is 510. The van der Waals surface area contributed by atoms with Crippen LogP contribution in [-0.4, -0.2) is 30.4 Å². The Morgan fingerprint density at radius 2 is 1.80 bits per heavy atom. The van der Waals surface area contributed by atoms with Crippen molar-refractivity contribution in [1.82, 2.24) is 4.98 Å². The Morgan fingerprint density at radius 3 is 2.35 bits per heavy atom. The average molecular weight is 275 g/mol. The molecule has 1 aliphatic heterocycles. The van der Waals surface area contributed by atoms with Gasteiger partial charge in [0.25, 0.3) is 0 Å². The highest BCUT2D eigenvalue weighted by Gasteiger charge is 2.49. The summed E-state index contributed by atoms with van der Waals surface area (Å²) in [5.74, 6) is 2.66. The maximum Gasteiger partial charge on any atom is 0.487 e. The zero-order chi connectivity index (χ0) is 15.0. The molecular formula is C15H22BNO3. The van der Waals surface area contributed by atoms with Gasteiger partial charge in [-0.05, 0) is 46.2 Å². The number of rotatable bonds is 3. The second kappa shape index (κ2) is 5.22. The van der Waals surface area contributed by atoms with E-state index in [1.54, 1.807) is 13.3 Å². The first kappa shape index (κ1) is 15.1. The number of hydrogen-bond donors (Lipinski definition) is 0. The van der Waals surface area contributed by atoms with Crippen molar-refractivity contribution in [2.24, 2.45) is 0 Å². The summed E-state index contributed by atoms with van der Waals surface area (Å²) >= 11 is 0. The molecule has 1 fully saturated rings. The molecule has 1 aliphatic rings. The van der Waals surface area contributed by atoms with E-state index in [9.17, 15) is 0 Å². The summed E-state index contributed by atoms with van der Waals surface area (Å²) in [5.41, 5.74) is 1.31. The quantitative estimate of drug-likeness (QED) is 0.795. The monoisotopic (exact) mass is 275 g/mol. The first-order chi connectivity index (χ1) is 9.25. The molecule has 0 aliphatic carbocycles. The van der Waals surface area contributed by atoms with Crippen LogP contribution in [0.2, 0.25) is 0 Å². The topological polar surface area (TPSA) is 40.6 Å². The molecule has 1 aromatic heterocycles. The molecule has 2 rings (SSSR count). The fraction of sp³-hybridized carbons (Fsp3) is 0.533. The molecule has 4 nitrogen and oxygen atoms in total. The third-order valence-corrected chi connectivity index (χ3v) is 4.04. The van der Waals surface area contributed by atoms with Crippen LogP contribution in [-0.2, 0) is 9.31 Å². The molecule has 0 saturated carbocycles. The average Bonchev–Trinajstić information content (AvgIpc) is 2.57. The summed E-state index contributed by atoms with van der Waals surface area (Å²) in [6, 6.07) is 1.95. The fourth-order valence-corrected chi connectivity index (χ4v) is 1.96. The predicted molar refractivity (Wildman–Crippen MR) is 80.6 cm³/mol. The zero-order valence-electron chi connectivity index (χ0n) is 13.1. The number of pyridine rings is 1. The fourth-order valence-electron chi connectivity index (χ4n) is 1.96. The lowest BCUT2D eigenvalue weighted by Crippen LogP contribution is -2.41. The zero-order valence-corrected chi connectivity index (χ0v) is 13.1. The van der Waals surface area contributed by atoms with Crippen LogP contribution in [0, 0.1) is 6.92 Å². The van der Waals surface area contributed by atoms with Gasteiger partial charge in [-0.25, -0.2) is 0 Å². The largest absolute Gasteiger partial charge is 0.495 e. The van der Waals surface area contributed by atoms with Gasteiger partial charge in [0.1, 0.15) is 5.75 Å². The molecule has 1 aromatic rings. The van der Waals surface area contributed by atoms with Crippen molar-refractivity contribution in [3.8, 4) is 5.75 Å². The van der Waals surface area contributed by atoms with Crippen LogP contribution in [0.4, 0.5) is 0 Å². The highest BCUT2D eigenvalue weighted by atomic mass is 16.7. The summed E-state index contributed by atoms with van der Waals surface area (Å²) in [4.78, 5) is 4.29. The van der Waals surface area contributed by atoms with Gasteiger partial charge in [-0.3, -0.25) is 4.98 Å². The minimum Gasteiger partial charge on any atom is -0.495 e. The minimum atomic E-state index is -0.342. The molecule has 0 N–H and O–H groups in total. The maximum atomic E-state index is 5.92. The van der Waals surface area contributed by atoms with Crippen LogP contribution in [0.15, 0.2) is 18.2 Å². The summed E-state index contributed by atoms with van der Waals surface area (Å²) in [7, 11) is 1.29. The van der Waals surface area contributed by atoms with E-state index in [4.69, 9.17) is 14.0 Å². The number of aromatic nitrogens is 1. The molecule has 0 amide bonds. The summed E-state index contributed by atoms with van der Waals surface area (Å²) in [5, 5.41) is 0. The molecule has 0 aromatic carbocycles. The Balaban J connectivity index is 2.15. The van der Waals surface area contributed by atoms with Crippen LogP contribution in [0.25, 0.3) is 6.08 Å². The molecule has 0 atom stereocenters.